The van der Waals surface area contributed by atoms with Gasteiger partial charge in [0.25, 0.3) is 11.8 Å². The minimum absolute atomic E-state index is 0.273. The molecule has 11 heteroatoms. The van der Waals surface area contributed by atoms with Crippen LogP contribution in [0.4, 0.5) is 11.4 Å². The fraction of sp³-hybridized carbons (Fsp3) is 0.211. The quantitative estimate of drug-likeness (QED) is 0.709. The molecule has 2 aromatic carbocycles. The Balaban J connectivity index is 1.48. The van der Waals surface area contributed by atoms with E-state index in [0.717, 1.165) is 4.90 Å². The summed E-state index contributed by atoms with van der Waals surface area (Å²) in [5.74, 6) is -0.876. The summed E-state index contributed by atoms with van der Waals surface area (Å²) in [6, 6.07) is 9.17. The number of hydrogen-bond donors (Lipinski definition) is 1. The second-order valence-corrected chi connectivity index (χ2v) is 7.42. The number of benzene rings is 2. The number of amides is 3. The Morgan fingerprint density at radius 2 is 1.87 bits per heavy atom. The molecule has 154 valence electrons. The second kappa shape index (κ2) is 7.92. The van der Waals surface area contributed by atoms with Crippen molar-refractivity contribution < 1.29 is 19.1 Å². The van der Waals surface area contributed by atoms with Crippen molar-refractivity contribution in [2.75, 3.05) is 23.9 Å². The number of carbonyl (C=O) groups excluding carboxylic acids is 3. The third-order valence-corrected chi connectivity index (χ3v) is 5.25. The van der Waals surface area contributed by atoms with Gasteiger partial charge in [-0.05, 0) is 42.5 Å². The van der Waals surface area contributed by atoms with Gasteiger partial charge in [-0.3, -0.25) is 19.4 Å². The molecule has 2 aliphatic rings. The number of methoxy groups -OCH3 is 1. The summed E-state index contributed by atoms with van der Waals surface area (Å²) in [4.78, 5) is 39.1. The van der Waals surface area contributed by atoms with E-state index in [1.54, 1.807) is 36.4 Å². The maximum atomic E-state index is 12.9. The Bertz CT molecular complexity index is 1060. The van der Waals surface area contributed by atoms with Crippen LogP contribution in [-0.2, 0) is 14.4 Å². The predicted octanol–water partition coefficient (Wildman–Crippen LogP) is 2.93. The zero-order valence-electron chi connectivity index (χ0n) is 15.6. The zero-order valence-corrected chi connectivity index (χ0v) is 17.1. The van der Waals surface area contributed by atoms with Gasteiger partial charge in [0.1, 0.15) is 12.3 Å². The number of halogens is 2. The number of carbonyl (C=O) groups is 3. The van der Waals surface area contributed by atoms with E-state index in [4.69, 9.17) is 27.9 Å². The standard InChI is InChI=1S/C19H15Cl2N5O4/c1-30-12-5-3-11(4-6-12)26-18(28)16-17(19(26)29)25(24-23-16)9-15(27)22-14-7-2-10(20)8-13(14)21/h2-8,16-17H,9H2,1H3,(H,22,27). The van der Waals surface area contributed by atoms with Crippen LogP contribution in [0, 0.1) is 0 Å². The van der Waals surface area contributed by atoms with Crippen LogP contribution in [0.3, 0.4) is 0 Å². The zero-order chi connectivity index (χ0) is 21.4. The van der Waals surface area contributed by atoms with E-state index in [0.29, 0.717) is 22.1 Å². The summed E-state index contributed by atoms with van der Waals surface area (Å²) in [6.45, 7) is -0.279. The molecule has 3 amide bonds. The van der Waals surface area contributed by atoms with E-state index >= 15 is 0 Å². The van der Waals surface area contributed by atoms with Crippen LogP contribution < -0.4 is 15.0 Å². The van der Waals surface area contributed by atoms with Gasteiger partial charge >= 0.3 is 0 Å². The molecule has 1 fully saturated rings. The summed E-state index contributed by atoms with van der Waals surface area (Å²) in [6.07, 6.45) is 0. The molecule has 2 unspecified atom stereocenters. The SMILES string of the molecule is COc1ccc(N2C(=O)C3N=NN(CC(=O)Nc4ccc(Cl)cc4Cl)C3C2=O)cc1. The van der Waals surface area contributed by atoms with Gasteiger partial charge in [-0.25, -0.2) is 4.90 Å². The smallest absolute Gasteiger partial charge is 0.263 e. The molecule has 0 saturated carbocycles. The molecular formula is C19H15Cl2N5O4. The van der Waals surface area contributed by atoms with E-state index in [2.05, 4.69) is 15.7 Å². The molecule has 4 rings (SSSR count). The van der Waals surface area contributed by atoms with Crippen molar-refractivity contribution in [3.63, 3.8) is 0 Å². The second-order valence-electron chi connectivity index (χ2n) is 6.57. The molecule has 2 heterocycles. The van der Waals surface area contributed by atoms with Gasteiger partial charge in [0.15, 0.2) is 12.1 Å². The normalized spacial score (nSPS) is 20.0. The van der Waals surface area contributed by atoms with Gasteiger partial charge in [-0.1, -0.05) is 28.4 Å². The average Bonchev–Trinajstić information content (AvgIpc) is 3.24. The highest BCUT2D eigenvalue weighted by molar-refractivity contribution is 6.36. The monoisotopic (exact) mass is 447 g/mol. The first-order valence-corrected chi connectivity index (χ1v) is 9.59. The van der Waals surface area contributed by atoms with E-state index < -0.39 is 29.8 Å². The van der Waals surface area contributed by atoms with Gasteiger partial charge in [-0.15, -0.1) is 0 Å². The molecule has 9 nitrogen and oxygen atoms in total. The van der Waals surface area contributed by atoms with E-state index in [9.17, 15) is 14.4 Å². The lowest BCUT2D eigenvalue weighted by molar-refractivity contribution is -0.123. The van der Waals surface area contributed by atoms with Crippen molar-refractivity contribution in [2.45, 2.75) is 12.1 Å². The van der Waals surface area contributed by atoms with E-state index in [1.165, 1.54) is 18.2 Å². The number of rotatable bonds is 5. The van der Waals surface area contributed by atoms with Crippen molar-refractivity contribution in [1.29, 1.82) is 0 Å². The molecule has 2 aliphatic heterocycles. The number of anilines is 2. The molecule has 0 bridgehead atoms. The van der Waals surface area contributed by atoms with Crippen molar-refractivity contribution in [2.24, 2.45) is 10.3 Å². The van der Waals surface area contributed by atoms with Gasteiger partial charge in [0, 0.05) is 5.02 Å². The fourth-order valence-corrected chi connectivity index (χ4v) is 3.72. The van der Waals surface area contributed by atoms with Crippen LogP contribution in [-0.4, -0.2) is 48.5 Å². The highest BCUT2D eigenvalue weighted by Gasteiger charge is 2.55. The molecule has 2 aromatic rings. The summed E-state index contributed by atoms with van der Waals surface area (Å²) in [5, 5.41) is 12.3. The summed E-state index contributed by atoms with van der Waals surface area (Å²) in [5.41, 5.74) is 0.764. The summed E-state index contributed by atoms with van der Waals surface area (Å²) >= 11 is 11.9. The van der Waals surface area contributed by atoms with Crippen molar-refractivity contribution in [3.8, 4) is 5.75 Å². The average molecular weight is 448 g/mol. The Hall–Kier alpha value is -3.17. The molecule has 0 radical (unpaired) electrons. The molecule has 0 spiro atoms. The Labute approximate surface area is 181 Å². The Morgan fingerprint density at radius 1 is 1.13 bits per heavy atom. The van der Waals surface area contributed by atoms with Gasteiger partial charge in [0.05, 0.1) is 23.5 Å². The topological polar surface area (TPSA) is 104 Å². The number of ether oxygens (including phenoxy) is 1. The number of imide groups is 1. The lowest BCUT2D eigenvalue weighted by atomic mass is 10.1. The Morgan fingerprint density at radius 3 is 2.53 bits per heavy atom. The van der Waals surface area contributed by atoms with E-state index in [-0.39, 0.29) is 11.6 Å². The summed E-state index contributed by atoms with van der Waals surface area (Å²) in [7, 11) is 1.52. The number of nitrogens with one attached hydrogen (secondary N) is 1. The van der Waals surface area contributed by atoms with Crippen LogP contribution in [0.25, 0.3) is 0 Å². The van der Waals surface area contributed by atoms with Gasteiger partial charge in [-0.2, -0.15) is 5.11 Å². The fourth-order valence-electron chi connectivity index (χ4n) is 3.27. The molecule has 1 N–H and O–H groups in total. The molecule has 1 saturated heterocycles. The minimum atomic E-state index is -0.994. The Kier molecular flexibility index (Phi) is 5.31. The van der Waals surface area contributed by atoms with Crippen molar-refractivity contribution in [3.05, 3.63) is 52.5 Å². The van der Waals surface area contributed by atoms with Crippen LogP contribution in [0.5, 0.6) is 5.75 Å². The van der Waals surface area contributed by atoms with E-state index in [1.807, 2.05) is 0 Å². The summed E-state index contributed by atoms with van der Waals surface area (Å²) < 4.78 is 5.09. The lowest BCUT2D eigenvalue weighted by Gasteiger charge is -2.20. The van der Waals surface area contributed by atoms with Crippen LogP contribution in [0.2, 0.25) is 10.0 Å². The third kappa shape index (κ3) is 3.57. The van der Waals surface area contributed by atoms with Gasteiger partial charge in [0.2, 0.25) is 5.91 Å². The van der Waals surface area contributed by atoms with Gasteiger partial charge < -0.3 is 10.1 Å². The first kappa shape index (κ1) is 20.1. The molecule has 0 aromatic heterocycles. The maximum Gasteiger partial charge on any atom is 0.263 e. The largest absolute Gasteiger partial charge is 0.497 e. The number of hydrogen-bond acceptors (Lipinski definition) is 7. The minimum Gasteiger partial charge on any atom is -0.497 e. The lowest BCUT2D eigenvalue weighted by Crippen LogP contribution is -2.43. The first-order valence-electron chi connectivity index (χ1n) is 8.83. The highest BCUT2D eigenvalue weighted by atomic mass is 35.5. The highest BCUT2D eigenvalue weighted by Crippen LogP contribution is 2.32. The molecule has 30 heavy (non-hydrogen) atoms. The molecular weight excluding hydrogens is 433 g/mol. The molecule has 2 atom stereocenters. The van der Waals surface area contributed by atoms with Crippen LogP contribution in [0.1, 0.15) is 0 Å². The molecule has 0 aliphatic carbocycles. The van der Waals surface area contributed by atoms with Crippen molar-refractivity contribution >= 4 is 52.3 Å². The van der Waals surface area contributed by atoms with Crippen molar-refractivity contribution in [1.82, 2.24) is 5.01 Å². The number of nitrogens with zero attached hydrogens (tertiary/aromatic N) is 4. The first-order chi connectivity index (χ1) is 14.4. The third-order valence-electron chi connectivity index (χ3n) is 4.70. The van der Waals surface area contributed by atoms with Crippen LogP contribution in [0.15, 0.2) is 52.8 Å². The van der Waals surface area contributed by atoms with Crippen LogP contribution >= 0.6 is 23.2 Å². The predicted molar refractivity (Wildman–Crippen MR) is 110 cm³/mol. The number of fused-ring (bicyclic) bond motifs is 1. The maximum absolute atomic E-state index is 12.9.